The Balaban J connectivity index is 1.49. The standard InChI is InChI=1S/C32H41N3O5/c1-4-31-17-18-32(40-31)25(24(31)28(37)33-23-15-8-7-9-16-23)30(39)35(19-10-5-6-11-20-36)27(32)29(38)34-26-21(2)13-12-14-22(26)3/h7-9,12-16,24-25,27,36H,4-6,10-11,17-20H2,1-3H3,(H,33,37)(H,34,38)/t24-,25+,27?,31+,32?/m1/s1. The van der Waals surface area contributed by atoms with Crippen LogP contribution in [0.25, 0.3) is 0 Å². The van der Waals surface area contributed by atoms with Gasteiger partial charge in [-0.15, -0.1) is 0 Å². The minimum atomic E-state index is -1.06. The topological polar surface area (TPSA) is 108 Å². The highest BCUT2D eigenvalue weighted by Crippen LogP contribution is 2.64. The minimum absolute atomic E-state index is 0.139. The Morgan fingerprint density at radius 3 is 2.33 bits per heavy atom. The number of nitrogens with zero attached hydrogens (tertiary/aromatic N) is 1. The van der Waals surface area contributed by atoms with Crippen molar-refractivity contribution in [1.29, 1.82) is 0 Å². The second-order valence-electron chi connectivity index (χ2n) is 11.6. The summed E-state index contributed by atoms with van der Waals surface area (Å²) in [6.07, 6.45) is 4.87. The van der Waals surface area contributed by atoms with Crippen LogP contribution in [0.2, 0.25) is 0 Å². The van der Waals surface area contributed by atoms with Crippen molar-refractivity contribution >= 4 is 29.1 Å². The lowest BCUT2D eigenvalue weighted by Crippen LogP contribution is -2.53. The molecule has 3 fully saturated rings. The van der Waals surface area contributed by atoms with Crippen molar-refractivity contribution in [2.24, 2.45) is 11.8 Å². The quantitative estimate of drug-likeness (QED) is 0.357. The van der Waals surface area contributed by atoms with E-state index in [0.717, 1.165) is 29.7 Å². The van der Waals surface area contributed by atoms with Crippen molar-refractivity contribution in [1.82, 2.24) is 4.90 Å². The van der Waals surface area contributed by atoms with E-state index in [1.54, 1.807) is 4.90 Å². The molecule has 0 aliphatic carbocycles. The van der Waals surface area contributed by atoms with Gasteiger partial charge in [0.1, 0.15) is 11.6 Å². The molecule has 5 atom stereocenters. The maximum atomic E-state index is 14.3. The van der Waals surface area contributed by atoms with Gasteiger partial charge in [-0.25, -0.2) is 0 Å². The lowest BCUT2D eigenvalue weighted by Gasteiger charge is -2.34. The van der Waals surface area contributed by atoms with Crippen LogP contribution >= 0.6 is 0 Å². The van der Waals surface area contributed by atoms with Crippen LogP contribution in [0, 0.1) is 25.7 Å². The fourth-order valence-electron chi connectivity index (χ4n) is 7.35. The molecule has 1 spiro atoms. The number of para-hydroxylation sites is 2. The van der Waals surface area contributed by atoms with Crippen molar-refractivity contribution < 1.29 is 24.2 Å². The molecular weight excluding hydrogens is 506 g/mol. The van der Waals surface area contributed by atoms with E-state index in [2.05, 4.69) is 10.6 Å². The number of carbonyl (C=O) groups excluding carboxylic acids is 3. The molecule has 2 aromatic carbocycles. The molecule has 3 saturated heterocycles. The van der Waals surface area contributed by atoms with Gasteiger partial charge >= 0.3 is 0 Å². The first-order valence-electron chi connectivity index (χ1n) is 14.6. The SMILES string of the molecule is CC[C@@]12CCC3(O1)C(C(=O)Nc1c(C)cccc1C)N(CCCCCCO)C(=O)[C@@H]3[C@@H]2C(=O)Nc1ccccc1. The third kappa shape index (κ3) is 4.71. The molecule has 3 N–H and O–H groups in total. The first kappa shape index (κ1) is 28.3. The van der Waals surface area contributed by atoms with E-state index in [-0.39, 0.29) is 24.3 Å². The summed E-state index contributed by atoms with van der Waals surface area (Å²) < 4.78 is 6.85. The zero-order valence-electron chi connectivity index (χ0n) is 23.7. The van der Waals surface area contributed by atoms with Crippen LogP contribution in [0.15, 0.2) is 48.5 Å². The number of fused-ring (bicyclic) bond motifs is 1. The monoisotopic (exact) mass is 547 g/mol. The van der Waals surface area contributed by atoms with Crippen molar-refractivity contribution in [2.45, 2.75) is 83.0 Å². The number of amides is 3. The molecule has 0 saturated carbocycles. The van der Waals surface area contributed by atoms with Crippen LogP contribution in [-0.2, 0) is 19.1 Å². The Hall–Kier alpha value is -3.23. The highest BCUT2D eigenvalue weighted by atomic mass is 16.5. The van der Waals surface area contributed by atoms with Crippen LogP contribution in [0.5, 0.6) is 0 Å². The van der Waals surface area contributed by atoms with Gasteiger partial charge in [-0.3, -0.25) is 14.4 Å². The molecule has 3 heterocycles. The molecule has 0 aromatic heterocycles. The van der Waals surface area contributed by atoms with Crippen LogP contribution < -0.4 is 10.6 Å². The summed E-state index contributed by atoms with van der Waals surface area (Å²) in [4.78, 5) is 44.0. The molecule has 214 valence electrons. The normalized spacial score (nSPS) is 28.6. The number of rotatable bonds is 11. The molecular formula is C32H41N3O5. The van der Waals surface area contributed by atoms with Crippen LogP contribution in [0.4, 0.5) is 11.4 Å². The van der Waals surface area contributed by atoms with Gasteiger partial charge in [-0.05, 0) is 69.2 Å². The summed E-state index contributed by atoms with van der Waals surface area (Å²) in [5.41, 5.74) is 1.47. The first-order chi connectivity index (χ1) is 19.3. The number of unbranched alkanes of at least 4 members (excludes halogenated alkanes) is 3. The third-order valence-electron chi connectivity index (χ3n) is 9.29. The second kappa shape index (κ2) is 11.3. The predicted octanol–water partition coefficient (Wildman–Crippen LogP) is 4.59. The average Bonchev–Trinajstić information content (AvgIpc) is 3.55. The Morgan fingerprint density at radius 2 is 1.65 bits per heavy atom. The van der Waals surface area contributed by atoms with Crippen LogP contribution in [0.1, 0.15) is 63.0 Å². The van der Waals surface area contributed by atoms with E-state index < -0.39 is 29.1 Å². The molecule has 2 unspecified atom stereocenters. The molecule has 8 heteroatoms. The highest BCUT2D eigenvalue weighted by Gasteiger charge is 2.78. The number of hydrogen-bond donors (Lipinski definition) is 3. The van der Waals surface area contributed by atoms with Gasteiger partial charge in [0.05, 0.1) is 17.4 Å². The molecule has 2 bridgehead atoms. The van der Waals surface area contributed by atoms with Crippen molar-refractivity contribution in [3.63, 3.8) is 0 Å². The van der Waals surface area contributed by atoms with Gasteiger partial charge in [0.2, 0.25) is 17.7 Å². The van der Waals surface area contributed by atoms with E-state index >= 15 is 0 Å². The number of nitrogens with one attached hydrogen (secondary N) is 2. The number of aliphatic hydroxyl groups excluding tert-OH is 1. The number of anilines is 2. The number of hydrogen-bond acceptors (Lipinski definition) is 5. The van der Waals surface area contributed by atoms with Crippen molar-refractivity contribution in [2.75, 3.05) is 23.8 Å². The molecule has 2 aromatic rings. The van der Waals surface area contributed by atoms with E-state index in [1.807, 2.05) is 69.3 Å². The predicted molar refractivity (Wildman–Crippen MR) is 154 cm³/mol. The fourth-order valence-corrected chi connectivity index (χ4v) is 7.35. The molecule has 40 heavy (non-hydrogen) atoms. The summed E-state index contributed by atoms with van der Waals surface area (Å²) in [5, 5.41) is 15.3. The summed E-state index contributed by atoms with van der Waals surface area (Å²) in [7, 11) is 0. The number of likely N-dealkylation sites (tertiary alicyclic amines) is 1. The maximum Gasteiger partial charge on any atom is 0.250 e. The van der Waals surface area contributed by atoms with Crippen molar-refractivity contribution in [3.05, 3.63) is 59.7 Å². The Labute approximate surface area is 236 Å². The summed E-state index contributed by atoms with van der Waals surface area (Å²) in [5.74, 6) is -2.08. The number of ether oxygens (including phenoxy) is 1. The average molecular weight is 548 g/mol. The number of aliphatic hydroxyl groups is 1. The number of carbonyl (C=O) groups is 3. The second-order valence-corrected chi connectivity index (χ2v) is 11.6. The zero-order valence-corrected chi connectivity index (χ0v) is 23.7. The Bertz CT molecular complexity index is 1250. The van der Waals surface area contributed by atoms with Gasteiger partial charge in [-0.2, -0.15) is 0 Å². The third-order valence-corrected chi connectivity index (χ3v) is 9.29. The molecule has 3 aliphatic heterocycles. The first-order valence-corrected chi connectivity index (χ1v) is 14.6. The maximum absolute atomic E-state index is 14.3. The number of aryl methyl sites for hydroxylation is 2. The van der Waals surface area contributed by atoms with E-state index in [4.69, 9.17) is 9.84 Å². The molecule has 5 rings (SSSR count). The van der Waals surface area contributed by atoms with Gasteiger partial charge < -0.3 is 25.4 Å². The summed E-state index contributed by atoms with van der Waals surface area (Å²) >= 11 is 0. The van der Waals surface area contributed by atoms with E-state index in [0.29, 0.717) is 44.3 Å². The zero-order chi connectivity index (χ0) is 28.5. The van der Waals surface area contributed by atoms with E-state index in [1.165, 1.54) is 0 Å². The lowest BCUT2D eigenvalue weighted by molar-refractivity contribution is -0.144. The minimum Gasteiger partial charge on any atom is -0.396 e. The van der Waals surface area contributed by atoms with Gasteiger partial charge in [0, 0.05) is 24.5 Å². The molecule has 3 amide bonds. The Kier molecular flexibility index (Phi) is 8.02. The highest BCUT2D eigenvalue weighted by molar-refractivity contribution is 6.05. The van der Waals surface area contributed by atoms with Crippen molar-refractivity contribution in [3.8, 4) is 0 Å². The van der Waals surface area contributed by atoms with Gasteiger partial charge in [-0.1, -0.05) is 56.2 Å². The van der Waals surface area contributed by atoms with E-state index in [9.17, 15) is 14.4 Å². The largest absolute Gasteiger partial charge is 0.396 e. The lowest BCUT2D eigenvalue weighted by atomic mass is 9.65. The van der Waals surface area contributed by atoms with Gasteiger partial charge in [0.25, 0.3) is 0 Å². The smallest absolute Gasteiger partial charge is 0.250 e. The fraction of sp³-hybridized carbons (Fsp3) is 0.531. The van der Waals surface area contributed by atoms with Gasteiger partial charge in [0.15, 0.2) is 0 Å². The van der Waals surface area contributed by atoms with Crippen LogP contribution in [-0.4, -0.2) is 58.1 Å². The molecule has 3 aliphatic rings. The molecule has 8 nitrogen and oxygen atoms in total. The molecule has 0 radical (unpaired) electrons. The number of benzene rings is 2. The van der Waals surface area contributed by atoms with Crippen LogP contribution in [0.3, 0.4) is 0 Å². The Morgan fingerprint density at radius 1 is 0.950 bits per heavy atom. The summed E-state index contributed by atoms with van der Waals surface area (Å²) in [6.45, 7) is 6.45. The summed E-state index contributed by atoms with van der Waals surface area (Å²) in [6, 6.07) is 14.3.